The van der Waals surface area contributed by atoms with Crippen LogP contribution in [-0.2, 0) is 0 Å². The summed E-state index contributed by atoms with van der Waals surface area (Å²) in [6, 6.07) is 26.6. The van der Waals surface area contributed by atoms with Gasteiger partial charge in [-0.25, -0.2) is 29.9 Å². The highest BCUT2D eigenvalue weighted by Crippen LogP contribution is 2.60. The Morgan fingerprint density at radius 2 is 0.375 bits per heavy atom. The van der Waals surface area contributed by atoms with Crippen LogP contribution in [0, 0.1) is 0 Å². The van der Waals surface area contributed by atoms with Crippen molar-refractivity contribution in [3.63, 3.8) is 0 Å². The molecular weight excluding hydrogens is 1500 g/mol. The van der Waals surface area contributed by atoms with Gasteiger partial charge in [0.25, 0.3) is 0 Å². The van der Waals surface area contributed by atoms with E-state index in [2.05, 4.69) is 49.8 Å². The van der Waals surface area contributed by atoms with E-state index in [1.54, 1.807) is 147 Å². The summed E-state index contributed by atoms with van der Waals surface area (Å²) in [4.78, 5) is 72.7. The molecule has 506 valence electrons. The molecule has 0 fully saturated rings. The fraction of sp³-hybridized carbons (Fsp3) is 0. The molecule has 2 aliphatic rings. The van der Waals surface area contributed by atoms with Gasteiger partial charge in [0.15, 0.2) is 69.3 Å². The number of hydrogen-bond donors (Lipinski definition) is 2. The highest BCUT2D eigenvalue weighted by molar-refractivity contribution is 6.47. The number of nitrogens with zero attached hydrogens (tertiary/aromatic N) is 14. The van der Waals surface area contributed by atoms with Gasteiger partial charge >= 0.3 is 0 Å². The first-order valence-electron chi connectivity index (χ1n) is 30.5. The Labute approximate surface area is 624 Å². The summed E-state index contributed by atoms with van der Waals surface area (Å²) < 4.78 is 53.0. The largest absolute Gasteiger partial charge is 0.450 e. The molecule has 0 radical (unpaired) electrons. The molecule has 0 atom stereocenters. The molecule has 0 aliphatic carbocycles. The molecule has 0 spiro atoms. The first-order chi connectivity index (χ1) is 50.9. The fourth-order valence-corrected chi connectivity index (χ4v) is 13.7. The van der Waals surface area contributed by atoms with Crippen molar-refractivity contribution in [2.24, 2.45) is 0 Å². The standard InChI is InChI=1S/C72H34Cl8N16O8/c73-49-41-42(50(74)58(98-34-10-2-18-82-26-34)57(49)97-33-9-1-17-81-25-33)66-89-65(41)93-67-43-44(52(76)60(100-36-12-4-20-84-28-36)59(51(43)75)99-35-11-3-19-83-27-35)69(90-67)95-71-47-48(56(80)64(104-40-16-8-24-88-32-40)63(55(47)79)103-39-15-7-23-87-31-39)72(92-71)96-70-46-45(68(91-70)94-66)53(77)61(101-37-13-5-21-85-29-37)62(54(46)78)102-38-14-6-22-86-30-38/h1-32H,(H2,89,90,91,92,93,94,95,96). The van der Waals surface area contributed by atoms with Crippen molar-refractivity contribution in [3.8, 4) is 138 Å². The molecule has 0 unspecified atom stereocenters. The van der Waals surface area contributed by atoms with Gasteiger partial charge in [-0.3, -0.25) is 39.9 Å². The molecule has 0 saturated carbocycles. The molecule has 4 aromatic carbocycles. The maximum atomic E-state index is 7.83. The maximum Gasteiger partial charge on any atom is 0.190 e. The van der Waals surface area contributed by atoms with Crippen molar-refractivity contribution in [1.29, 1.82) is 0 Å². The number of ether oxygens (including phenoxy) is 8. The number of H-pyrrole nitrogens is 2. The Balaban J connectivity index is 1.06. The molecule has 32 heteroatoms. The second kappa shape index (κ2) is 27.5. The van der Waals surface area contributed by atoms with E-state index in [-0.39, 0.29) is 222 Å². The lowest BCUT2D eigenvalue weighted by atomic mass is 10.1. The average Bonchev–Trinajstić information content (AvgIpc) is 1.55. The number of pyridine rings is 8. The SMILES string of the molecule is Clc1c(Oc2cccnc2)c(Oc2cccnc2)c(Cl)c2c1-c1nc-2nc2[nH]c(nc3nc(nc4[nH]c(n1)c1c(Cl)c(Oc5cccnc5)c(Oc5cccnc5)c(Cl)c41)-c1c(Cl)c(Oc4cccnc4)c(Oc4cccnc4)c(Cl)c1-3)c1c(Cl)c(Oc3cccnc3)c(Oc3cccnc3)c(Cl)c21. The predicted octanol–water partition coefficient (Wildman–Crippen LogP) is 21.6. The van der Waals surface area contributed by atoms with E-state index in [0.29, 0.717) is 0 Å². The third kappa shape index (κ3) is 12.0. The van der Waals surface area contributed by atoms with Crippen LogP contribution in [-0.4, -0.2) is 79.7 Å². The van der Waals surface area contributed by atoms with Gasteiger partial charge in [0.05, 0.1) is 134 Å². The second-order valence-corrected chi connectivity index (χ2v) is 25.1. The number of aromatic nitrogens is 16. The van der Waals surface area contributed by atoms with Gasteiger partial charge in [0, 0.05) is 49.6 Å². The van der Waals surface area contributed by atoms with Crippen LogP contribution >= 0.6 is 92.8 Å². The van der Waals surface area contributed by atoms with Gasteiger partial charge in [-0.1, -0.05) is 92.8 Å². The van der Waals surface area contributed by atoms with E-state index in [9.17, 15) is 0 Å². The zero-order valence-corrected chi connectivity index (χ0v) is 58.1. The fourth-order valence-electron chi connectivity index (χ4n) is 11.2. The number of benzene rings is 4. The normalized spacial score (nSPS) is 11.5. The van der Waals surface area contributed by atoms with Crippen LogP contribution in [0.15, 0.2) is 196 Å². The summed E-state index contributed by atoms with van der Waals surface area (Å²) in [6.45, 7) is 0. The van der Waals surface area contributed by atoms with Crippen molar-refractivity contribution in [3.05, 3.63) is 236 Å². The Morgan fingerprint density at radius 1 is 0.212 bits per heavy atom. The molecule has 2 aliphatic heterocycles. The molecule has 17 rings (SSSR count). The molecule has 2 N–H and O–H groups in total. The molecule has 0 saturated heterocycles. The molecule has 15 aromatic rings. The van der Waals surface area contributed by atoms with Crippen molar-refractivity contribution in [1.82, 2.24) is 79.7 Å². The average molecular weight is 1530 g/mol. The number of halogens is 8. The summed E-state index contributed by atoms with van der Waals surface area (Å²) in [6.07, 6.45) is 24.3. The first-order valence-corrected chi connectivity index (χ1v) is 33.6. The summed E-state index contributed by atoms with van der Waals surface area (Å²) in [5, 5.41) is -0.814. The van der Waals surface area contributed by atoms with Crippen LogP contribution < -0.4 is 37.9 Å². The lowest BCUT2D eigenvalue weighted by Crippen LogP contribution is -1.97. The van der Waals surface area contributed by atoms with Crippen LogP contribution in [0.4, 0.5) is 0 Å². The predicted molar refractivity (Wildman–Crippen MR) is 391 cm³/mol. The van der Waals surface area contributed by atoms with Gasteiger partial charge in [-0.2, -0.15) is 0 Å². The zero-order valence-electron chi connectivity index (χ0n) is 52.0. The second-order valence-electron chi connectivity index (χ2n) is 22.1. The molecule has 8 bridgehead atoms. The maximum absolute atomic E-state index is 7.83. The summed E-state index contributed by atoms with van der Waals surface area (Å²) in [5.41, 5.74) is -0.148. The first kappa shape index (κ1) is 65.5. The Bertz CT molecular complexity index is 5380. The third-order valence-electron chi connectivity index (χ3n) is 15.6. The van der Waals surface area contributed by atoms with Gasteiger partial charge in [0.2, 0.25) is 0 Å². The lowest BCUT2D eigenvalue weighted by Gasteiger charge is -2.18. The molecule has 24 nitrogen and oxygen atoms in total. The van der Waals surface area contributed by atoms with Crippen molar-refractivity contribution < 1.29 is 37.9 Å². The van der Waals surface area contributed by atoms with E-state index < -0.39 is 0 Å². The van der Waals surface area contributed by atoms with Crippen LogP contribution in [0.1, 0.15) is 0 Å². The minimum absolute atomic E-state index is 0.0430. The summed E-state index contributed by atoms with van der Waals surface area (Å²) in [5.74, 6) is 0.297. The van der Waals surface area contributed by atoms with Gasteiger partial charge in [0.1, 0.15) is 68.6 Å². The quantitative estimate of drug-likeness (QED) is 0.0908. The van der Waals surface area contributed by atoms with Crippen molar-refractivity contribution >= 4 is 137 Å². The number of aromatic amines is 2. The summed E-state index contributed by atoms with van der Waals surface area (Å²) in [7, 11) is 0. The van der Waals surface area contributed by atoms with Crippen LogP contribution in [0.3, 0.4) is 0 Å². The molecule has 13 heterocycles. The third-order valence-corrected chi connectivity index (χ3v) is 18.5. The smallest absolute Gasteiger partial charge is 0.190 e. The van der Waals surface area contributed by atoms with Gasteiger partial charge in [-0.15, -0.1) is 0 Å². The minimum atomic E-state index is -0.168. The minimum Gasteiger partial charge on any atom is -0.450 e. The monoisotopic (exact) mass is 1530 g/mol. The summed E-state index contributed by atoms with van der Waals surface area (Å²) >= 11 is 62.6. The number of fused-ring (bicyclic) bond motifs is 20. The van der Waals surface area contributed by atoms with E-state index >= 15 is 0 Å². The van der Waals surface area contributed by atoms with Crippen LogP contribution in [0.5, 0.6) is 92.0 Å². The van der Waals surface area contributed by atoms with E-state index in [1.807, 2.05) is 0 Å². The van der Waals surface area contributed by atoms with Gasteiger partial charge < -0.3 is 47.9 Å². The van der Waals surface area contributed by atoms with E-state index in [0.717, 1.165) is 0 Å². The van der Waals surface area contributed by atoms with Crippen LogP contribution in [0.2, 0.25) is 40.2 Å². The molecule has 0 amide bonds. The molecule has 104 heavy (non-hydrogen) atoms. The lowest BCUT2D eigenvalue weighted by molar-refractivity contribution is 0.417. The van der Waals surface area contributed by atoms with Crippen molar-refractivity contribution in [2.45, 2.75) is 0 Å². The highest BCUT2D eigenvalue weighted by atomic mass is 35.5. The van der Waals surface area contributed by atoms with Crippen molar-refractivity contribution in [2.75, 3.05) is 0 Å². The number of nitrogens with one attached hydrogen (secondary N) is 2. The molecular formula is C72H34Cl8N16O8. The molecule has 11 aromatic heterocycles. The Morgan fingerprint density at radius 3 is 0.529 bits per heavy atom. The van der Waals surface area contributed by atoms with E-state index in [1.165, 1.54) is 49.6 Å². The topological polar surface area (TPSA) is 286 Å². The van der Waals surface area contributed by atoms with Crippen LogP contribution in [0.25, 0.3) is 89.7 Å². The zero-order chi connectivity index (χ0) is 70.7. The Hall–Kier alpha value is -11.8. The number of rotatable bonds is 16. The highest BCUT2D eigenvalue weighted by Gasteiger charge is 2.38. The van der Waals surface area contributed by atoms with Gasteiger partial charge in [-0.05, 0) is 97.1 Å². The number of hydrogen-bond acceptors (Lipinski definition) is 22. The Kier molecular flexibility index (Phi) is 17.3. The van der Waals surface area contributed by atoms with E-state index in [4.69, 9.17) is 161 Å².